The van der Waals surface area contributed by atoms with Crippen molar-refractivity contribution in [2.45, 2.75) is 23.7 Å². The molecule has 0 amide bonds. The van der Waals surface area contributed by atoms with Crippen LogP contribution in [0.3, 0.4) is 0 Å². The van der Waals surface area contributed by atoms with Gasteiger partial charge in [-0.1, -0.05) is 12.2 Å². The summed E-state index contributed by atoms with van der Waals surface area (Å²) in [5, 5.41) is 0. The minimum Gasteiger partial charge on any atom is -0.229 e. The van der Waals surface area contributed by atoms with Crippen LogP contribution in [0.15, 0.2) is 23.8 Å². The van der Waals surface area contributed by atoms with E-state index in [2.05, 4.69) is 0 Å². The van der Waals surface area contributed by atoms with Crippen molar-refractivity contribution in [3.05, 3.63) is 23.8 Å². The van der Waals surface area contributed by atoms with E-state index in [0.29, 0.717) is 6.42 Å². The van der Waals surface area contributed by atoms with Gasteiger partial charge in [-0.05, 0) is 18.3 Å². The zero-order valence-electron chi connectivity index (χ0n) is 8.94. The number of hydrogen-bond donors (Lipinski definition) is 0. The summed E-state index contributed by atoms with van der Waals surface area (Å²) in [4.78, 5) is 0. The molecule has 6 unspecified atom stereocenters. The third kappa shape index (κ3) is 0.682. The van der Waals surface area contributed by atoms with Gasteiger partial charge in [-0.25, -0.2) is 17.6 Å². The summed E-state index contributed by atoms with van der Waals surface area (Å²) in [6, 6.07) is 0. The zero-order chi connectivity index (χ0) is 13.1. The standard InChI is InChI=1S/C12H8F6/c13-8-9(14)11(16)7-5-2-1-4(3-5)6(7)10(8,15)12(11,17)18/h1-2,4-7H,3H2. The summed E-state index contributed by atoms with van der Waals surface area (Å²) in [6.45, 7) is 0. The van der Waals surface area contributed by atoms with Gasteiger partial charge in [-0.3, -0.25) is 0 Å². The molecule has 0 saturated heterocycles. The van der Waals surface area contributed by atoms with E-state index in [-0.39, 0.29) is 0 Å². The van der Waals surface area contributed by atoms with Gasteiger partial charge in [-0.2, -0.15) is 8.78 Å². The molecular weight excluding hydrogens is 258 g/mol. The molecule has 0 heterocycles. The zero-order valence-corrected chi connectivity index (χ0v) is 8.94. The molecule has 0 aliphatic heterocycles. The number of allylic oxidation sites excluding steroid dienone is 4. The fourth-order valence-corrected chi connectivity index (χ4v) is 4.48. The Morgan fingerprint density at radius 2 is 1.22 bits per heavy atom. The molecule has 2 saturated carbocycles. The molecule has 18 heavy (non-hydrogen) atoms. The van der Waals surface area contributed by atoms with E-state index in [0.717, 1.165) is 0 Å². The lowest BCUT2D eigenvalue weighted by atomic mass is 9.73. The predicted octanol–water partition coefficient (Wildman–Crippen LogP) is 3.65. The highest BCUT2D eigenvalue weighted by Crippen LogP contribution is 2.78. The molecule has 2 fully saturated rings. The minimum absolute atomic E-state index is 0.295. The first-order chi connectivity index (χ1) is 8.28. The Hall–Kier alpha value is -0.940. The molecule has 0 aromatic heterocycles. The minimum atomic E-state index is -4.66. The highest BCUT2D eigenvalue weighted by molar-refractivity contribution is 5.50. The van der Waals surface area contributed by atoms with Gasteiger partial charge in [0.2, 0.25) is 11.3 Å². The van der Waals surface area contributed by atoms with E-state index < -0.39 is 52.6 Å². The van der Waals surface area contributed by atoms with Crippen molar-refractivity contribution in [3.63, 3.8) is 0 Å². The first-order valence-corrected chi connectivity index (χ1v) is 5.78. The largest absolute Gasteiger partial charge is 0.328 e. The molecule has 4 aliphatic rings. The first kappa shape index (κ1) is 10.9. The van der Waals surface area contributed by atoms with Crippen LogP contribution in [-0.4, -0.2) is 17.3 Å². The Kier molecular flexibility index (Phi) is 1.53. The smallest absolute Gasteiger partial charge is 0.229 e. The Balaban J connectivity index is 2.03. The molecule has 4 rings (SSSR count). The van der Waals surface area contributed by atoms with Crippen molar-refractivity contribution in [1.29, 1.82) is 0 Å². The van der Waals surface area contributed by atoms with Crippen LogP contribution in [0.2, 0.25) is 0 Å². The summed E-state index contributed by atoms with van der Waals surface area (Å²) in [6.07, 6.45) is 3.32. The van der Waals surface area contributed by atoms with Crippen LogP contribution in [0, 0.1) is 23.7 Å². The third-order valence-corrected chi connectivity index (χ3v) is 5.12. The van der Waals surface area contributed by atoms with Crippen LogP contribution in [-0.2, 0) is 0 Å². The maximum atomic E-state index is 14.5. The number of halogens is 6. The van der Waals surface area contributed by atoms with Gasteiger partial charge < -0.3 is 0 Å². The van der Waals surface area contributed by atoms with E-state index >= 15 is 0 Å². The van der Waals surface area contributed by atoms with Crippen molar-refractivity contribution >= 4 is 0 Å². The van der Waals surface area contributed by atoms with Gasteiger partial charge in [-0.15, -0.1) is 0 Å². The fraction of sp³-hybridized carbons (Fsp3) is 0.667. The normalized spacial score (nSPS) is 58.8. The molecule has 0 nitrogen and oxygen atoms in total. The van der Waals surface area contributed by atoms with Crippen LogP contribution < -0.4 is 0 Å². The second kappa shape index (κ2) is 2.51. The SMILES string of the molecule is FC1=C(F)C2(F)C3C4C=CC(C4)C3C1(F)C2(F)F. The topological polar surface area (TPSA) is 0 Å². The molecule has 98 valence electrons. The number of rotatable bonds is 0. The van der Waals surface area contributed by atoms with Crippen LogP contribution >= 0.6 is 0 Å². The monoisotopic (exact) mass is 266 g/mol. The number of alkyl halides is 4. The van der Waals surface area contributed by atoms with E-state index in [4.69, 9.17) is 0 Å². The molecule has 4 aliphatic carbocycles. The van der Waals surface area contributed by atoms with E-state index in [1.165, 1.54) is 12.2 Å². The maximum Gasteiger partial charge on any atom is 0.328 e. The van der Waals surface area contributed by atoms with Crippen LogP contribution in [0.4, 0.5) is 26.3 Å². The quantitative estimate of drug-likeness (QED) is 0.356. The summed E-state index contributed by atoms with van der Waals surface area (Å²) >= 11 is 0. The highest BCUT2D eigenvalue weighted by Gasteiger charge is 2.92. The lowest BCUT2D eigenvalue weighted by molar-refractivity contribution is -0.167. The molecule has 0 aromatic carbocycles. The molecule has 6 heteroatoms. The lowest BCUT2D eigenvalue weighted by Gasteiger charge is -2.33. The van der Waals surface area contributed by atoms with Gasteiger partial charge in [0, 0.05) is 11.8 Å². The molecule has 0 N–H and O–H groups in total. The third-order valence-electron chi connectivity index (χ3n) is 5.12. The van der Waals surface area contributed by atoms with Gasteiger partial charge in [0.1, 0.15) is 0 Å². The van der Waals surface area contributed by atoms with Crippen molar-refractivity contribution in [2.24, 2.45) is 23.7 Å². The maximum absolute atomic E-state index is 14.5. The van der Waals surface area contributed by atoms with Crippen molar-refractivity contribution < 1.29 is 26.3 Å². The summed E-state index contributed by atoms with van der Waals surface area (Å²) < 4.78 is 83.6. The predicted molar refractivity (Wildman–Crippen MR) is 49.6 cm³/mol. The Morgan fingerprint density at radius 3 is 1.61 bits per heavy atom. The molecule has 0 aromatic rings. The Morgan fingerprint density at radius 1 is 0.833 bits per heavy atom. The van der Waals surface area contributed by atoms with Gasteiger partial charge in [0.05, 0.1) is 0 Å². The molecular formula is C12H8F6. The van der Waals surface area contributed by atoms with Crippen LogP contribution in [0.5, 0.6) is 0 Å². The van der Waals surface area contributed by atoms with Crippen LogP contribution in [0.25, 0.3) is 0 Å². The highest BCUT2D eigenvalue weighted by atomic mass is 19.3. The Labute approximate surface area is 98.3 Å². The average molecular weight is 266 g/mol. The second-order valence-corrected chi connectivity index (χ2v) is 5.63. The van der Waals surface area contributed by atoms with Gasteiger partial charge in [0.25, 0.3) is 0 Å². The lowest BCUT2D eigenvalue weighted by Crippen LogP contribution is -2.49. The summed E-state index contributed by atoms with van der Waals surface area (Å²) in [5.41, 5.74) is -7.64. The van der Waals surface area contributed by atoms with E-state index in [1.807, 2.05) is 0 Å². The molecule has 0 spiro atoms. The summed E-state index contributed by atoms with van der Waals surface area (Å²) in [5.74, 6) is -13.4. The molecule has 0 radical (unpaired) electrons. The van der Waals surface area contributed by atoms with E-state index in [9.17, 15) is 26.3 Å². The first-order valence-electron chi connectivity index (χ1n) is 5.78. The van der Waals surface area contributed by atoms with E-state index in [1.54, 1.807) is 0 Å². The van der Waals surface area contributed by atoms with Crippen molar-refractivity contribution in [2.75, 3.05) is 0 Å². The number of hydrogen-bond acceptors (Lipinski definition) is 0. The second-order valence-electron chi connectivity index (χ2n) is 5.63. The van der Waals surface area contributed by atoms with Crippen molar-refractivity contribution in [1.82, 2.24) is 0 Å². The molecule has 4 bridgehead atoms. The number of fused-ring (bicyclic) bond motifs is 9. The Bertz CT molecular complexity index is 481. The van der Waals surface area contributed by atoms with Crippen molar-refractivity contribution in [3.8, 4) is 0 Å². The fourth-order valence-electron chi connectivity index (χ4n) is 4.48. The van der Waals surface area contributed by atoms with Crippen LogP contribution in [0.1, 0.15) is 6.42 Å². The summed E-state index contributed by atoms with van der Waals surface area (Å²) in [7, 11) is 0. The van der Waals surface area contributed by atoms with Gasteiger partial charge >= 0.3 is 5.92 Å². The average Bonchev–Trinajstić information content (AvgIpc) is 2.97. The van der Waals surface area contributed by atoms with Gasteiger partial charge in [0.15, 0.2) is 11.7 Å². The molecule has 6 atom stereocenters.